The number of carbonyl (C=O) groups is 1. The molecule has 2 aliphatic rings. The second-order valence-electron chi connectivity index (χ2n) is 7.45. The summed E-state index contributed by atoms with van der Waals surface area (Å²) < 4.78 is 1.97. The van der Waals surface area contributed by atoms with Gasteiger partial charge < -0.3 is 9.80 Å². The Morgan fingerprint density at radius 3 is 2.36 bits per heavy atom. The van der Waals surface area contributed by atoms with E-state index in [0.717, 1.165) is 55.7 Å². The fourth-order valence-electron chi connectivity index (χ4n) is 3.80. The first-order valence-electron chi connectivity index (χ1n) is 9.24. The topological polar surface area (TPSA) is 41.4 Å². The van der Waals surface area contributed by atoms with E-state index in [0.29, 0.717) is 12.0 Å². The van der Waals surface area contributed by atoms with Crippen LogP contribution in [-0.4, -0.2) is 58.7 Å². The van der Waals surface area contributed by atoms with Crippen molar-refractivity contribution in [1.82, 2.24) is 19.6 Å². The Labute approximate surface area is 149 Å². The molecule has 1 saturated heterocycles. The second-order valence-corrected chi connectivity index (χ2v) is 7.45. The minimum absolute atomic E-state index is 0.154. The smallest absolute Gasteiger partial charge is 0.257 e. The monoisotopic (exact) mass is 338 g/mol. The Kier molecular flexibility index (Phi) is 4.34. The highest BCUT2D eigenvalue weighted by Gasteiger charge is 2.35. The Morgan fingerprint density at radius 1 is 1.08 bits per heavy atom. The summed E-state index contributed by atoms with van der Waals surface area (Å²) in [6, 6.07) is 10.7. The largest absolute Gasteiger partial charge is 0.338 e. The number of likely N-dealkylation sites (tertiary alicyclic amines) is 1. The van der Waals surface area contributed by atoms with Gasteiger partial charge in [-0.05, 0) is 51.9 Å². The standard InChI is InChI=1S/C20H26N4O/c1-22(2)16-10-12-23(13-11-16)20(25)18-14-21-24(19(18)15-8-9-15)17-6-4-3-5-7-17/h3-7,14-16H,8-13H2,1-2H3. The van der Waals surface area contributed by atoms with Crippen LogP contribution in [0.15, 0.2) is 36.5 Å². The summed E-state index contributed by atoms with van der Waals surface area (Å²) in [4.78, 5) is 17.4. The third-order valence-electron chi connectivity index (χ3n) is 5.48. The van der Waals surface area contributed by atoms with Gasteiger partial charge in [0.2, 0.25) is 0 Å². The molecule has 4 rings (SSSR count). The Balaban J connectivity index is 1.59. The van der Waals surface area contributed by atoms with Gasteiger partial charge >= 0.3 is 0 Å². The lowest BCUT2D eigenvalue weighted by atomic mass is 10.0. The summed E-state index contributed by atoms with van der Waals surface area (Å²) in [6.45, 7) is 1.67. The average Bonchev–Trinajstić information content (AvgIpc) is 3.40. The van der Waals surface area contributed by atoms with E-state index in [2.05, 4.69) is 36.2 Å². The van der Waals surface area contributed by atoms with Gasteiger partial charge in [0, 0.05) is 25.0 Å². The number of hydrogen-bond donors (Lipinski definition) is 0. The van der Waals surface area contributed by atoms with Gasteiger partial charge in [-0.15, -0.1) is 0 Å². The first-order chi connectivity index (χ1) is 12.1. The molecule has 2 aromatic rings. The maximum absolute atomic E-state index is 13.1. The molecular formula is C20H26N4O. The number of benzene rings is 1. The van der Waals surface area contributed by atoms with Crippen LogP contribution < -0.4 is 0 Å². The normalized spacial score (nSPS) is 18.8. The van der Waals surface area contributed by atoms with Crippen molar-refractivity contribution in [2.75, 3.05) is 27.2 Å². The molecule has 1 aliphatic heterocycles. The fraction of sp³-hybridized carbons (Fsp3) is 0.500. The highest BCUT2D eigenvalue weighted by Crippen LogP contribution is 2.42. The van der Waals surface area contributed by atoms with Crippen molar-refractivity contribution < 1.29 is 4.79 Å². The summed E-state index contributed by atoms with van der Waals surface area (Å²) in [7, 11) is 4.24. The van der Waals surface area contributed by atoms with E-state index in [1.54, 1.807) is 6.20 Å². The van der Waals surface area contributed by atoms with Crippen LogP contribution in [0.3, 0.4) is 0 Å². The average molecular weight is 338 g/mol. The minimum atomic E-state index is 0.154. The van der Waals surface area contributed by atoms with Crippen LogP contribution in [0.25, 0.3) is 5.69 Å². The van der Waals surface area contributed by atoms with E-state index in [9.17, 15) is 4.79 Å². The number of hydrogen-bond acceptors (Lipinski definition) is 3. The third kappa shape index (κ3) is 3.21. The first-order valence-corrected chi connectivity index (χ1v) is 9.24. The van der Waals surface area contributed by atoms with E-state index >= 15 is 0 Å². The summed E-state index contributed by atoms with van der Waals surface area (Å²) in [6.07, 6.45) is 6.18. The first kappa shape index (κ1) is 16.3. The van der Waals surface area contributed by atoms with Crippen LogP contribution in [0.1, 0.15) is 47.7 Å². The molecule has 0 bridgehead atoms. The van der Waals surface area contributed by atoms with Crippen molar-refractivity contribution in [3.05, 3.63) is 47.8 Å². The molecule has 5 heteroatoms. The SMILES string of the molecule is CN(C)C1CCN(C(=O)c2cnn(-c3ccccc3)c2C2CC2)CC1. The van der Waals surface area contributed by atoms with Crippen LogP contribution in [0.2, 0.25) is 0 Å². The molecule has 1 aliphatic carbocycles. The van der Waals surface area contributed by atoms with E-state index < -0.39 is 0 Å². The molecule has 1 aromatic carbocycles. The number of nitrogens with zero attached hydrogens (tertiary/aromatic N) is 4. The van der Waals surface area contributed by atoms with Gasteiger partial charge in [0.15, 0.2) is 0 Å². The number of carbonyl (C=O) groups excluding carboxylic acids is 1. The van der Waals surface area contributed by atoms with Gasteiger partial charge in [-0.2, -0.15) is 5.10 Å². The molecule has 0 spiro atoms. The zero-order chi connectivity index (χ0) is 17.4. The lowest BCUT2D eigenvalue weighted by molar-refractivity contribution is 0.0662. The molecule has 5 nitrogen and oxygen atoms in total. The molecule has 1 saturated carbocycles. The molecule has 132 valence electrons. The van der Waals surface area contributed by atoms with Gasteiger partial charge in [0.1, 0.15) is 0 Å². The Bertz CT molecular complexity index is 740. The maximum Gasteiger partial charge on any atom is 0.257 e. The molecule has 2 heterocycles. The van der Waals surface area contributed by atoms with Crippen LogP contribution in [0, 0.1) is 0 Å². The number of para-hydroxylation sites is 1. The van der Waals surface area contributed by atoms with E-state index in [-0.39, 0.29) is 5.91 Å². The number of aromatic nitrogens is 2. The van der Waals surface area contributed by atoms with Crippen molar-refractivity contribution in [2.45, 2.75) is 37.6 Å². The van der Waals surface area contributed by atoms with E-state index in [1.165, 1.54) is 0 Å². The fourth-order valence-corrected chi connectivity index (χ4v) is 3.80. The van der Waals surface area contributed by atoms with Crippen LogP contribution in [0.4, 0.5) is 0 Å². The predicted molar refractivity (Wildman–Crippen MR) is 98.2 cm³/mol. The molecule has 2 fully saturated rings. The van der Waals surface area contributed by atoms with Crippen LogP contribution in [-0.2, 0) is 0 Å². The van der Waals surface area contributed by atoms with Gasteiger partial charge in [0.05, 0.1) is 23.1 Å². The van der Waals surface area contributed by atoms with Crippen molar-refractivity contribution >= 4 is 5.91 Å². The predicted octanol–water partition coefficient (Wildman–Crippen LogP) is 2.92. The highest BCUT2D eigenvalue weighted by molar-refractivity contribution is 5.95. The van der Waals surface area contributed by atoms with Crippen molar-refractivity contribution in [3.63, 3.8) is 0 Å². The van der Waals surface area contributed by atoms with Gasteiger partial charge in [0.25, 0.3) is 5.91 Å². The lowest BCUT2D eigenvalue weighted by Gasteiger charge is -2.35. The summed E-state index contributed by atoms with van der Waals surface area (Å²) in [5.41, 5.74) is 2.94. The Hall–Kier alpha value is -2.14. The molecule has 0 unspecified atom stereocenters. The third-order valence-corrected chi connectivity index (χ3v) is 5.48. The van der Waals surface area contributed by atoms with Crippen LogP contribution in [0.5, 0.6) is 0 Å². The zero-order valence-corrected chi connectivity index (χ0v) is 15.1. The molecule has 1 amide bonds. The summed E-state index contributed by atoms with van der Waals surface area (Å²) >= 11 is 0. The Morgan fingerprint density at radius 2 is 1.76 bits per heavy atom. The summed E-state index contributed by atoms with van der Waals surface area (Å²) in [5, 5.41) is 4.57. The highest BCUT2D eigenvalue weighted by atomic mass is 16.2. The molecule has 1 aromatic heterocycles. The maximum atomic E-state index is 13.1. The molecule has 0 atom stereocenters. The van der Waals surface area contributed by atoms with E-state index in [4.69, 9.17) is 0 Å². The number of rotatable bonds is 4. The molecule has 25 heavy (non-hydrogen) atoms. The zero-order valence-electron chi connectivity index (χ0n) is 15.1. The van der Waals surface area contributed by atoms with Crippen molar-refractivity contribution in [1.29, 1.82) is 0 Å². The van der Waals surface area contributed by atoms with Crippen molar-refractivity contribution in [2.24, 2.45) is 0 Å². The summed E-state index contributed by atoms with van der Waals surface area (Å²) in [5.74, 6) is 0.627. The van der Waals surface area contributed by atoms with Gasteiger partial charge in [-0.1, -0.05) is 18.2 Å². The quantitative estimate of drug-likeness (QED) is 0.861. The van der Waals surface area contributed by atoms with Crippen LogP contribution >= 0.6 is 0 Å². The number of amides is 1. The molecule has 0 N–H and O–H groups in total. The second kappa shape index (κ2) is 6.64. The van der Waals surface area contributed by atoms with Crippen molar-refractivity contribution in [3.8, 4) is 5.69 Å². The van der Waals surface area contributed by atoms with E-state index in [1.807, 2.05) is 27.8 Å². The number of piperidine rings is 1. The minimum Gasteiger partial charge on any atom is -0.338 e. The lowest BCUT2D eigenvalue weighted by Crippen LogP contribution is -2.44. The van der Waals surface area contributed by atoms with Gasteiger partial charge in [-0.3, -0.25) is 4.79 Å². The van der Waals surface area contributed by atoms with Gasteiger partial charge in [-0.25, -0.2) is 4.68 Å². The molecule has 0 radical (unpaired) electrons. The molecular weight excluding hydrogens is 312 g/mol.